The predicted molar refractivity (Wildman–Crippen MR) is 60.7 cm³/mol. The van der Waals surface area contributed by atoms with Crippen LogP contribution in [0.4, 0.5) is 0 Å². The number of rotatable bonds is 4. The molecule has 1 aromatic rings. The Kier molecular flexibility index (Phi) is 4.01. The Labute approximate surface area is 90.1 Å². The minimum Gasteiger partial charge on any atom is -0.317 e. The van der Waals surface area contributed by atoms with Gasteiger partial charge in [-0.05, 0) is 38.3 Å². The topological polar surface area (TPSA) is 37.8 Å². The first-order valence-corrected chi connectivity index (χ1v) is 5.81. The third-order valence-corrected chi connectivity index (χ3v) is 3.45. The molecule has 0 radical (unpaired) electrons. The Balaban J connectivity index is 2.88. The lowest BCUT2D eigenvalue weighted by atomic mass is 9.90. The SMILES string of the molecule is CNC(C)C(c1nc(C)ns1)C(C)C. The Hall–Kier alpha value is -0.480. The Morgan fingerprint density at radius 3 is 2.29 bits per heavy atom. The van der Waals surface area contributed by atoms with Crippen molar-refractivity contribution in [2.45, 2.75) is 39.7 Å². The fraction of sp³-hybridized carbons (Fsp3) is 0.800. The van der Waals surface area contributed by atoms with Crippen molar-refractivity contribution in [2.75, 3.05) is 7.05 Å². The van der Waals surface area contributed by atoms with Crippen LogP contribution in [0.1, 0.15) is 37.5 Å². The van der Waals surface area contributed by atoms with Gasteiger partial charge < -0.3 is 5.32 Å². The molecule has 0 saturated carbocycles. The van der Waals surface area contributed by atoms with E-state index < -0.39 is 0 Å². The summed E-state index contributed by atoms with van der Waals surface area (Å²) in [6.07, 6.45) is 0. The average Bonchev–Trinajstić information content (AvgIpc) is 2.51. The third-order valence-electron chi connectivity index (χ3n) is 2.54. The molecule has 1 heterocycles. The predicted octanol–water partition coefficient (Wildman–Crippen LogP) is 2.19. The molecule has 14 heavy (non-hydrogen) atoms. The maximum Gasteiger partial charge on any atom is 0.139 e. The maximum atomic E-state index is 4.47. The highest BCUT2D eigenvalue weighted by Crippen LogP contribution is 2.28. The van der Waals surface area contributed by atoms with Crippen molar-refractivity contribution in [1.29, 1.82) is 0 Å². The summed E-state index contributed by atoms with van der Waals surface area (Å²) in [5, 5.41) is 4.45. The van der Waals surface area contributed by atoms with Crippen LogP contribution in [0.25, 0.3) is 0 Å². The molecule has 1 aromatic heterocycles. The lowest BCUT2D eigenvalue weighted by Crippen LogP contribution is -2.31. The van der Waals surface area contributed by atoms with Gasteiger partial charge >= 0.3 is 0 Å². The normalized spacial score (nSPS) is 15.9. The van der Waals surface area contributed by atoms with Gasteiger partial charge in [0.2, 0.25) is 0 Å². The highest BCUT2D eigenvalue weighted by atomic mass is 32.1. The number of hydrogen-bond acceptors (Lipinski definition) is 4. The molecule has 0 spiro atoms. The van der Waals surface area contributed by atoms with Gasteiger partial charge in [-0.1, -0.05) is 13.8 Å². The van der Waals surface area contributed by atoms with Crippen molar-refractivity contribution >= 4 is 11.5 Å². The van der Waals surface area contributed by atoms with Gasteiger partial charge in [-0.3, -0.25) is 0 Å². The molecule has 0 aliphatic rings. The summed E-state index contributed by atoms with van der Waals surface area (Å²) >= 11 is 1.53. The summed E-state index contributed by atoms with van der Waals surface area (Å²) in [5.74, 6) is 1.94. The van der Waals surface area contributed by atoms with Gasteiger partial charge in [0.15, 0.2) is 0 Å². The molecule has 0 amide bonds. The number of hydrogen-bond donors (Lipinski definition) is 1. The highest BCUT2D eigenvalue weighted by Gasteiger charge is 2.24. The molecule has 1 N–H and O–H groups in total. The molecule has 0 aromatic carbocycles. The second-order valence-corrected chi connectivity index (χ2v) is 4.81. The van der Waals surface area contributed by atoms with Crippen LogP contribution in [0.5, 0.6) is 0 Å². The highest BCUT2D eigenvalue weighted by molar-refractivity contribution is 7.05. The number of aromatic nitrogens is 2. The second kappa shape index (κ2) is 4.84. The van der Waals surface area contributed by atoms with Gasteiger partial charge in [-0.15, -0.1) is 0 Å². The molecule has 0 aliphatic carbocycles. The van der Waals surface area contributed by atoms with Crippen LogP contribution in [0, 0.1) is 12.8 Å². The van der Waals surface area contributed by atoms with Crippen LogP contribution in [-0.4, -0.2) is 22.4 Å². The number of nitrogens with one attached hydrogen (secondary N) is 1. The Morgan fingerprint density at radius 2 is 1.93 bits per heavy atom. The lowest BCUT2D eigenvalue weighted by molar-refractivity contribution is 0.394. The minimum atomic E-state index is 0.447. The first-order valence-electron chi connectivity index (χ1n) is 5.03. The quantitative estimate of drug-likeness (QED) is 0.833. The summed E-state index contributed by atoms with van der Waals surface area (Å²) in [6.45, 7) is 8.60. The summed E-state index contributed by atoms with van der Waals surface area (Å²) < 4.78 is 4.24. The zero-order valence-electron chi connectivity index (χ0n) is 9.53. The van der Waals surface area contributed by atoms with Crippen LogP contribution in [0.15, 0.2) is 0 Å². The largest absolute Gasteiger partial charge is 0.317 e. The van der Waals surface area contributed by atoms with Crippen molar-refractivity contribution in [2.24, 2.45) is 5.92 Å². The van der Waals surface area contributed by atoms with Crippen LogP contribution in [-0.2, 0) is 0 Å². The van der Waals surface area contributed by atoms with Gasteiger partial charge in [0.05, 0.1) is 0 Å². The smallest absolute Gasteiger partial charge is 0.139 e. The van der Waals surface area contributed by atoms with Gasteiger partial charge in [-0.2, -0.15) is 4.37 Å². The van der Waals surface area contributed by atoms with E-state index in [0.717, 1.165) is 10.8 Å². The number of likely N-dealkylation sites (N-methyl/N-ethyl adjacent to an activating group) is 1. The van der Waals surface area contributed by atoms with Gasteiger partial charge in [-0.25, -0.2) is 4.98 Å². The van der Waals surface area contributed by atoms with Crippen molar-refractivity contribution < 1.29 is 0 Å². The summed E-state index contributed by atoms with van der Waals surface area (Å²) in [7, 11) is 1.99. The molecule has 0 saturated heterocycles. The van der Waals surface area contributed by atoms with Crippen molar-refractivity contribution in [3.63, 3.8) is 0 Å². The lowest BCUT2D eigenvalue weighted by Gasteiger charge is -2.24. The molecule has 80 valence electrons. The van der Waals surface area contributed by atoms with E-state index in [9.17, 15) is 0 Å². The Morgan fingerprint density at radius 1 is 1.29 bits per heavy atom. The molecule has 0 fully saturated rings. The molecular weight excluding hydrogens is 194 g/mol. The number of nitrogens with zero attached hydrogens (tertiary/aromatic N) is 2. The standard InChI is InChI=1S/C10H19N3S/c1-6(2)9(7(3)11-5)10-12-8(4)13-14-10/h6-7,9,11H,1-5H3. The van der Waals surface area contributed by atoms with Crippen molar-refractivity contribution in [3.8, 4) is 0 Å². The van der Waals surface area contributed by atoms with E-state index in [4.69, 9.17) is 0 Å². The van der Waals surface area contributed by atoms with Crippen LogP contribution in [0.3, 0.4) is 0 Å². The Bertz CT molecular complexity index is 283. The molecule has 3 nitrogen and oxygen atoms in total. The van der Waals surface area contributed by atoms with Crippen molar-refractivity contribution in [1.82, 2.24) is 14.7 Å². The second-order valence-electron chi connectivity index (χ2n) is 4.03. The van der Waals surface area contributed by atoms with Gasteiger partial charge in [0.1, 0.15) is 10.8 Å². The molecule has 0 bridgehead atoms. The van der Waals surface area contributed by atoms with Gasteiger partial charge in [0, 0.05) is 12.0 Å². The summed E-state index contributed by atoms with van der Waals surface area (Å²) in [4.78, 5) is 4.47. The first kappa shape index (κ1) is 11.6. The monoisotopic (exact) mass is 213 g/mol. The van der Waals surface area contributed by atoms with Crippen LogP contribution < -0.4 is 5.32 Å². The molecule has 1 rings (SSSR count). The van der Waals surface area contributed by atoms with E-state index in [1.807, 2.05) is 14.0 Å². The maximum absolute atomic E-state index is 4.47. The zero-order chi connectivity index (χ0) is 10.7. The van der Waals surface area contributed by atoms with E-state index in [0.29, 0.717) is 17.9 Å². The van der Waals surface area contributed by atoms with Crippen molar-refractivity contribution in [3.05, 3.63) is 10.8 Å². The average molecular weight is 213 g/mol. The fourth-order valence-electron chi connectivity index (χ4n) is 1.70. The van der Waals surface area contributed by atoms with E-state index in [1.165, 1.54) is 11.5 Å². The first-order chi connectivity index (χ1) is 6.56. The molecule has 2 unspecified atom stereocenters. The van der Waals surface area contributed by atoms with E-state index in [1.54, 1.807) is 0 Å². The van der Waals surface area contributed by atoms with E-state index >= 15 is 0 Å². The van der Waals surface area contributed by atoms with Crippen LogP contribution in [0.2, 0.25) is 0 Å². The zero-order valence-corrected chi connectivity index (χ0v) is 10.4. The molecular formula is C10H19N3S. The summed E-state index contributed by atoms with van der Waals surface area (Å²) in [6, 6.07) is 0.447. The minimum absolute atomic E-state index is 0.447. The van der Waals surface area contributed by atoms with E-state index in [-0.39, 0.29) is 0 Å². The van der Waals surface area contributed by atoms with E-state index in [2.05, 4.69) is 35.4 Å². The molecule has 4 heteroatoms. The fourth-order valence-corrected chi connectivity index (χ4v) is 2.74. The molecule has 2 atom stereocenters. The van der Waals surface area contributed by atoms with Crippen LogP contribution >= 0.6 is 11.5 Å². The number of aryl methyl sites for hydroxylation is 1. The van der Waals surface area contributed by atoms with Gasteiger partial charge in [0.25, 0.3) is 0 Å². The summed E-state index contributed by atoms with van der Waals surface area (Å²) in [5.41, 5.74) is 0. The molecule has 0 aliphatic heterocycles. The third kappa shape index (κ3) is 2.51.